The van der Waals surface area contributed by atoms with Crippen LogP contribution in [0.1, 0.15) is 53.7 Å². The molecular weight excluding hydrogens is 350 g/mol. The van der Waals surface area contributed by atoms with Gasteiger partial charge in [0.15, 0.2) is 5.69 Å². The number of thiophene rings is 1. The van der Waals surface area contributed by atoms with Crippen molar-refractivity contribution in [2.75, 3.05) is 0 Å². The van der Waals surface area contributed by atoms with Crippen LogP contribution in [-0.2, 0) is 6.54 Å². The van der Waals surface area contributed by atoms with Crippen LogP contribution in [0.3, 0.4) is 0 Å². The number of aromatic amines is 1. The Morgan fingerprint density at radius 3 is 2.86 bits per heavy atom. The van der Waals surface area contributed by atoms with Crippen LogP contribution < -0.4 is 0 Å². The Morgan fingerprint density at radius 2 is 2.33 bits per heavy atom. The number of nitrogens with zero attached hydrogens (tertiary/aromatic N) is 2. The molecule has 1 saturated carbocycles. The maximum atomic E-state index is 12.8. The molecule has 0 unspecified atom stereocenters. The van der Waals surface area contributed by atoms with Crippen LogP contribution in [-0.4, -0.2) is 27.0 Å². The van der Waals surface area contributed by atoms with E-state index in [1.807, 2.05) is 16.3 Å². The summed E-state index contributed by atoms with van der Waals surface area (Å²) in [6, 6.07) is 4.47. The number of aromatic nitrogens is 2. The highest BCUT2D eigenvalue weighted by Gasteiger charge is 2.35. The van der Waals surface area contributed by atoms with E-state index in [9.17, 15) is 4.79 Å². The number of hydrogen-bond acceptors (Lipinski definition) is 3. The monoisotopic (exact) mass is 367 g/mol. The first kappa shape index (κ1) is 14.8. The zero-order valence-electron chi connectivity index (χ0n) is 12.1. The summed E-state index contributed by atoms with van der Waals surface area (Å²) >= 11 is 5.22. The van der Waals surface area contributed by atoms with Crippen LogP contribution in [0.25, 0.3) is 0 Å². The highest BCUT2D eigenvalue weighted by atomic mass is 79.9. The van der Waals surface area contributed by atoms with E-state index in [-0.39, 0.29) is 5.91 Å². The number of carbonyl (C=O) groups is 1. The summed E-state index contributed by atoms with van der Waals surface area (Å²) < 4.78 is 0.805. The SMILES string of the molecule is CC(C)c1[nH]nc(C(=O)N(Cc2cccs2)C2CC2)c1Br. The molecule has 4 nitrogen and oxygen atoms in total. The standard InChI is InChI=1S/C15H18BrN3OS/c1-9(2)13-12(16)14(18-17-13)15(20)19(10-5-6-10)8-11-4-3-7-21-11/h3-4,7,9-10H,5-6,8H2,1-2H3,(H,17,18). The second-order valence-electron chi connectivity index (χ2n) is 5.70. The Labute approximate surface area is 136 Å². The number of rotatable bonds is 5. The molecule has 6 heteroatoms. The number of H-pyrrole nitrogens is 1. The molecule has 0 bridgehead atoms. The average Bonchev–Trinajstić information content (AvgIpc) is 3.01. The Kier molecular flexibility index (Phi) is 4.17. The highest BCUT2D eigenvalue weighted by Crippen LogP contribution is 2.33. The van der Waals surface area contributed by atoms with Gasteiger partial charge in [0.05, 0.1) is 16.7 Å². The second-order valence-corrected chi connectivity index (χ2v) is 7.52. The van der Waals surface area contributed by atoms with Gasteiger partial charge in [0.25, 0.3) is 5.91 Å². The molecule has 0 aromatic carbocycles. The van der Waals surface area contributed by atoms with Gasteiger partial charge >= 0.3 is 0 Å². The molecule has 0 saturated heterocycles. The molecule has 3 rings (SSSR count). The fourth-order valence-corrected chi connectivity index (χ4v) is 3.83. The fraction of sp³-hybridized carbons (Fsp3) is 0.467. The van der Waals surface area contributed by atoms with Gasteiger partial charge in [-0.2, -0.15) is 5.10 Å². The van der Waals surface area contributed by atoms with E-state index in [2.05, 4.69) is 46.0 Å². The quantitative estimate of drug-likeness (QED) is 0.862. The topological polar surface area (TPSA) is 49.0 Å². The molecule has 1 N–H and O–H groups in total. The van der Waals surface area contributed by atoms with Gasteiger partial charge < -0.3 is 4.90 Å². The number of amides is 1. The first-order chi connectivity index (χ1) is 10.1. The van der Waals surface area contributed by atoms with Crippen LogP contribution >= 0.6 is 27.3 Å². The summed E-state index contributed by atoms with van der Waals surface area (Å²) in [4.78, 5) is 16.0. The molecule has 2 heterocycles. The summed E-state index contributed by atoms with van der Waals surface area (Å²) in [6.45, 7) is 4.84. The average molecular weight is 368 g/mol. The molecule has 0 aliphatic heterocycles. The van der Waals surface area contributed by atoms with Gasteiger partial charge in [-0.15, -0.1) is 11.3 Å². The molecule has 0 spiro atoms. The van der Waals surface area contributed by atoms with Gasteiger partial charge in [0.1, 0.15) is 0 Å². The number of halogens is 1. The number of hydrogen-bond donors (Lipinski definition) is 1. The van der Waals surface area contributed by atoms with Crippen molar-refractivity contribution in [1.82, 2.24) is 15.1 Å². The Morgan fingerprint density at radius 1 is 1.57 bits per heavy atom. The molecule has 1 aliphatic rings. The van der Waals surface area contributed by atoms with Crippen molar-refractivity contribution in [2.45, 2.75) is 45.2 Å². The minimum atomic E-state index is 0.0147. The Hall–Kier alpha value is -1.14. The van der Waals surface area contributed by atoms with E-state index in [0.29, 0.717) is 24.2 Å². The summed E-state index contributed by atoms with van der Waals surface area (Å²) in [6.07, 6.45) is 2.19. The van der Waals surface area contributed by atoms with E-state index in [0.717, 1.165) is 23.0 Å². The first-order valence-electron chi connectivity index (χ1n) is 7.15. The van der Waals surface area contributed by atoms with Crippen LogP contribution in [0.5, 0.6) is 0 Å². The molecule has 21 heavy (non-hydrogen) atoms. The van der Waals surface area contributed by atoms with E-state index in [1.165, 1.54) is 4.88 Å². The molecule has 1 amide bonds. The maximum Gasteiger partial charge on any atom is 0.276 e. The van der Waals surface area contributed by atoms with Crippen molar-refractivity contribution >= 4 is 33.2 Å². The molecule has 1 fully saturated rings. The number of carbonyl (C=O) groups excluding carboxylic acids is 1. The summed E-state index contributed by atoms with van der Waals surface area (Å²) in [5.41, 5.74) is 1.48. The lowest BCUT2D eigenvalue weighted by Crippen LogP contribution is -2.32. The van der Waals surface area contributed by atoms with Gasteiger partial charge in [-0.1, -0.05) is 19.9 Å². The molecule has 112 valence electrons. The third kappa shape index (κ3) is 3.06. The smallest absolute Gasteiger partial charge is 0.276 e. The Balaban J connectivity index is 1.84. The number of nitrogens with one attached hydrogen (secondary N) is 1. The van der Waals surface area contributed by atoms with Crippen molar-refractivity contribution in [3.63, 3.8) is 0 Å². The van der Waals surface area contributed by atoms with Gasteiger partial charge in [-0.25, -0.2) is 0 Å². The third-order valence-corrected chi connectivity index (χ3v) is 5.33. The van der Waals surface area contributed by atoms with Crippen molar-refractivity contribution in [3.8, 4) is 0 Å². The summed E-state index contributed by atoms with van der Waals surface area (Å²) in [5, 5.41) is 9.27. The van der Waals surface area contributed by atoms with Crippen molar-refractivity contribution < 1.29 is 4.79 Å². The van der Waals surface area contributed by atoms with Crippen LogP contribution in [0.15, 0.2) is 22.0 Å². The molecule has 2 aromatic heterocycles. The van der Waals surface area contributed by atoms with E-state index in [1.54, 1.807) is 11.3 Å². The van der Waals surface area contributed by atoms with Crippen molar-refractivity contribution in [3.05, 3.63) is 38.3 Å². The minimum Gasteiger partial charge on any atom is -0.329 e. The van der Waals surface area contributed by atoms with Gasteiger partial charge in [-0.05, 0) is 46.1 Å². The van der Waals surface area contributed by atoms with Crippen LogP contribution in [0.4, 0.5) is 0 Å². The van der Waals surface area contributed by atoms with E-state index >= 15 is 0 Å². The van der Waals surface area contributed by atoms with Gasteiger partial charge in [0.2, 0.25) is 0 Å². The largest absolute Gasteiger partial charge is 0.329 e. The predicted octanol–water partition coefficient (Wildman–Crippen LogP) is 4.16. The van der Waals surface area contributed by atoms with Crippen molar-refractivity contribution in [2.24, 2.45) is 0 Å². The summed E-state index contributed by atoms with van der Waals surface area (Å²) in [5.74, 6) is 0.320. The minimum absolute atomic E-state index is 0.0147. The van der Waals surface area contributed by atoms with Crippen LogP contribution in [0.2, 0.25) is 0 Å². The molecule has 2 aromatic rings. The second kappa shape index (κ2) is 5.93. The lowest BCUT2D eigenvalue weighted by Gasteiger charge is -2.21. The van der Waals surface area contributed by atoms with Gasteiger partial charge in [0, 0.05) is 10.9 Å². The molecule has 0 radical (unpaired) electrons. The lowest BCUT2D eigenvalue weighted by atomic mass is 10.1. The van der Waals surface area contributed by atoms with Gasteiger partial charge in [-0.3, -0.25) is 9.89 Å². The van der Waals surface area contributed by atoms with Crippen molar-refractivity contribution in [1.29, 1.82) is 0 Å². The Bertz CT molecular complexity index is 631. The lowest BCUT2D eigenvalue weighted by molar-refractivity contribution is 0.0724. The maximum absolute atomic E-state index is 12.8. The third-order valence-electron chi connectivity index (χ3n) is 3.67. The normalized spacial score (nSPS) is 14.7. The fourth-order valence-electron chi connectivity index (χ4n) is 2.33. The first-order valence-corrected chi connectivity index (χ1v) is 8.82. The molecular formula is C15H18BrN3OS. The highest BCUT2D eigenvalue weighted by molar-refractivity contribution is 9.10. The zero-order chi connectivity index (χ0) is 15.0. The van der Waals surface area contributed by atoms with E-state index in [4.69, 9.17) is 0 Å². The molecule has 0 atom stereocenters. The predicted molar refractivity (Wildman–Crippen MR) is 87.6 cm³/mol. The summed E-state index contributed by atoms with van der Waals surface area (Å²) in [7, 11) is 0. The van der Waals surface area contributed by atoms with E-state index < -0.39 is 0 Å². The van der Waals surface area contributed by atoms with Crippen LogP contribution in [0, 0.1) is 0 Å². The zero-order valence-corrected chi connectivity index (χ0v) is 14.5. The molecule has 1 aliphatic carbocycles.